The summed E-state index contributed by atoms with van der Waals surface area (Å²) < 4.78 is 5.10. The molecule has 2 aromatic rings. The highest BCUT2D eigenvalue weighted by atomic mass is 16.5. The molecule has 1 aromatic carbocycles. The second-order valence-corrected chi connectivity index (χ2v) is 4.08. The first kappa shape index (κ1) is 11.0. The molecule has 0 saturated carbocycles. The summed E-state index contributed by atoms with van der Waals surface area (Å²) in [6.45, 7) is 3.82. The first-order valence-electron chi connectivity index (χ1n) is 5.46. The van der Waals surface area contributed by atoms with Crippen LogP contribution in [0.1, 0.15) is 6.92 Å². The van der Waals surface area contributed by atoms with E-state index in [0.717, 1.165) is 29.7 Å². The monoisotopic (exact) mass is 219 g/mol. The molecule has 4 heteroatoms. The number of hydrogen-bond donors (Lipinski definition) is 2. The van der Waals surface area contributed by atoms with Crippen molar-refractivity contribution < 1.29 is 4.74 Å². The molecular weight excluding hydrogens is 202 g/mol. The molecule has 2 N–H and O–H groups in total. The summed E-state index contributed by atoms with van der Waals surface area (Å²) in [4.78, 5) is 0. The number of ether oxygens (including phenoxy) is 1. The van der Waals surface area contributed by atoms with Gasteiger partial charge in [-0.1, -0.05) is 19.1 Å². The van der Waals surface area contributed by atoms with Gasteiger partial charge in [0.05, 0.1) is 24.0 Å². The summed E-state index contributed by atoms with van der Waals surface area (Å²) >= 11 is 0. The van der Waals surface area contributed by atoms with Crippen molar-refractivity contribution in [1.29, 1.82) is 0 Å². The van der Waals surface area contributed by atoms with Crippen LogP contribution in [-0.2, 0) is 4.74 Å². The Bertz CT molecular complexity index is 452. The number of rotatable bonds is 5. The molecule has 1 aromatic heterocycles. The number of fused-ring (bicyclic) bond motifs is 1. The predicted octanol–water partition coefficient (Wildman–Crippen LogP) is 2.26. The van der Waals surface area contributed by atoms with Crippen LogP contribution in [0.5, 0.6) is 0 Å². The van der Waals surface area contributed by atoms with Gasteiger partial charge in [-0.05, 0) is 12.0 Å². The smallest absolute Gasteiger partial charge is 0.0881 e. The van der Waals surface area contributed by atoms with E-state index in [1.165, 1.54) is 0 Å². The van der Waals surface area contributed by atoms with Crippen molar-refractivity contribution in [2.75, 3.05) is 25.6 Å². The normalized spacial score (nSPS) is 12.9. The summed E-state index contributed by atoms with van der Waals surface area (Å²) in [7, 11) is 1.73. The summed E-state index contributed by atoms with van der Waals surface area (Å²) in [5.41, 5.74) is 2.16. The maximum atomic E-state index is 5.10. The highest BCUT2D eigenvalue weighted by Gasteiger charge is 2.04. The number of benzene rings is 1. The number of nitrogens with zero attached hydrogens (tertiary/aromatic N) is 1. The van der Waals surface area contributed by atoms with E-state index in [4.69, 9.17) is 4.74 Å². The summed E-state index contributed by atoms with van der Waals surface area (Å²) in [6.07, 6.45) is 1.83. The van der Waals surface area contributed by atoms with Gasteiger partial charge >= 0.3 is 0 Å². The Morgan fingerprint density at radius 1 is 1.50 bits per heavy atom. The average molecular weight is 219 g/mol. The fourth-order valence-corrected chi connectivity index (χ4v) is 1.74. The minimum absolute atomic E-state index is 0.489. The number of para-hydroxylation sites is 1. The van der Waals surface area contributed by atoms with E-state index >= 15 is 0 Å². The summed E-state index contributed by atoms with van der Waals surface area (Å²) in [6, 6.07) is 6.13. The second-order valence-electron chi connectivity index (χ2n) is 4.08. The van der Waals surface area contributed by atoms with Crippen molar-refractivity contribution in [3.8, 4) is 0 Å². The standard InChI is InChI=1S/C12H17N3O/c1-9(8-16-2)6-13-11-5-3-4-10-7-14-15-12(10)11/h3-5,7,9,13H,6,8H2,1-2H3,(H,14,15). The molecule has 16 heavy (non-hydrogen) atoms. The van der Waals surface area contributed by atoms with Crippen molar-refractivity contribution in [3.05, 3.63) is 24.4 Å². The molecule has 0 saturated heterocycles. The SMILES string of the molecule is COCC(C)CNc1cccc2cn[nH]c12. The third-order valence-corrected chi connectivity index (χ3v) is 2.57. The predicted molar refractivity (Wildman–Crippen MR) is 65.6 cm³/mol. The molecule has 4 nitrogen and oxygen atoms in total. The number of aromatic nitrogens is 2. The lowest BCUT2D eigenvalue weighted by molar-refractivity contribution is 0.164. The van der Waals surface area contributed by atoms with E-state index in [1.807, 2.05) is 18.3 Å². The topological polar surface area (TPSA) is 49.9 Å². The third-order valence-electron chi connectivity index (χ3n) is 2.57. The Balaban J connectivity index is 2.06. The van der Waals surface area contributed by atoms with Gasteiger partial charge in [0.1, 0.15) is 0 Å². The maximum absolute atomic E-state index is 5.10. The first-order valence-corrected chi connectivity index (χ1v) is 5.46. The fourth-order valence-electron chi connectivity index (χ4n) is 1.74. The Kier molecular flexibility index (Phi) is 3.41. The van der Waals surface area contributed by atoms with Gasteiger partial charge in [-0.3, -0.25) is 5.10 Å². The lowest BCUT2D eigenvalue weighted by Crippen LogP contribution is -2.15. The second kappa shape index (κ2) is 4.99. The maximum Gasteiger partial charge on any atom is 0.0881 e. The quantitative estimate of drug-likeness (QED) is 0.811. The first-order chi connectivity index (χ1) is 7.81. The highest BCUT2D eigenvalue weighted by molar-refractivity contribution is 5.89. The number of methoxy groups -OCH3 is 1. The van der Waals surface area contributed by atoms with Crippen LogP contribution in [0.2, 0.25) is 0 Å². The van der Waals surface area contributed by atoms with E-state index in [9.17, 15) is 0 Å². The van der Waals surface area contributed by atoms with Crippen molar-refractivity contribution in [2.45, 2.75) is 6.92 Å². The Morgan fingerprint density at radius 2 is 2.38 bits per heavy atom. The molecule has 1 heterocycles. The minimum atomic E-state index is 0.489. The molecule has 1 unspecified atom stereocenters. The molecule has 0 aliphatic heterocycles. The van der Waals surface area contributed by atoms with E-state index in [-0.39, 0.29) is 0 Å². The molecule has 86 valence electrons. The van der Waals surface area contributed by atoms with Gasteiger partial charge in [0.15, 0.2) is 0 Å². The van der Waals surface area contributed by atoms with Crippen LogP contribution in [0.25, 0.3) is 10.9 Å². The zero-order valence-electron chi connectivity index (χ0n) is 9.66. The molecule has 0 aliphatic carbocycles. The van der Waals surface area contributed by atoms with Gasteiger partial charge in [-0.25, -0.2) is 0 Å². The molecule has 0 fully saturated rings. The van der Waals surface area contributed by atoms with Crippen LogP contribution in [0.4, 0.5) is 5.69 Å². The van der Waals surface area contributed by atoms with Crippen LogP contribution in [0.15, 0.2) is 24.4 Å². The van der Waals surface area contributed by atoms with Crippen LogP contribution < -0.4 is 5.32 Å². The zero-order valence-corrected chi connectivity index (χ0v) is 9.66. The molecule has 0 bridgehead atoms. The van der Waals surface area contributed by atoms with Crippen molar-refractivity contribution in [2.24, 2.45) is 5.92 Å². The van der Waals surface area contributed by atoms with Gasteiger partial charge < -0.3 is 10.1 Å². The van der Waals surface area contributed by atoms with Gasteiger partial charge in [0.2, 0.25) is 0 Å². The lowest BCUT2D eigenvalue weighted by atomic mass is 10.2. The molecule has 2 rings (SSSR count). The van der Waals surface area contributed by atoms with Gasteiger partial charge in [-0.2, -0.15) is 5.10 Å². The number of nitrogens with one attached hydrogen (secondary N) is 2. The number of anilines is 1. The molecule has 1 atom stereocenters. The molecule has 0 radical (unpaired) electrons. The van der Waals surface area contributed by atoms with Crippen LogP contribution in [0, 0.1) is 5.92 Å². The van der Waals surface area contributed by atoms with Crippen LogP contribution >= 0.6 is 0 Å². The minimum Gasteiger partial charge on any atom is -0.384 e. The summed E-state index contributed by atoms with van der Waals surface area (Å²) in [5.74, 6) is 0.489. The zero-order chi connectivity index (χ0) is 11.4. The van der Waals surface area contributed by atoms with E-state index in [2.05, 4.69) is 28.5 Å². The van der Waals surface area contributed by atoms with Gasteiger partial charge in [0.25, 0.3) is 0 Å². The van der Waals surface area contributed by atoms with Crippen molar-refractivity contribution in [3.63, 3.8) is 0 Å². The summed E-state index contributed by atoms with van der Waals surface area (Å²) in [5, 5.41) is 11.6. The van der Waals surface area contributed by atoms with Crippen LogP contribution in [-0.4, -0.2) is 30.5 Å². The van der Waals surface area contributed by atoms with E-state index in [1.54, 1.807) is 7.11 Å². The Labute approximate surface area is 95.0 Å². The van der Waals surface area contributed by atoms with Crippen molar-refractivity contribution >= 4 is 16.6 Å². The number of aromatic amines is 1. The number of hydrogen-bond acceptors (Lipinski definition) is 3. The largest absolute Gasteiger partial charge is 0.384 e. The molecule has 0 aliphatic rings. The number of H-pyrrole nitrogens is 1. The average Bonchev–Trinajstić information content (AvgIpc) is 2.75. The molecule has 0 spiro atoms. The van der Waals surface area contributed by atoms with Crippen molar-refractivity contribution in [1.82, 2.24) is 10.2 Å². The van der Waals surface area contributed by atoms with E-state index in [0.29, 0.717) is 5.92 Å². The fraction of sp³-hybridized carbons (Fsp3) is 0.417. The Morgan fingerprint density at radius 3 is 3.19 bits per heavy atom. The Hall–Kier alpha value is -1.55. The van der Waals surface area contributed by atoms with Crippen LogP contribution in [0.3, 0.4) is 0 Å². The highest BCUT2D eigenvalue weighted by Crippen LogP contribution is 2.20. The van der Waals surface area contributed by atoms with Gasteiger partial charge in [0, 0.05) is 19.0 Å². The van der Waals surface area contributed by atoms with E-state index < -0.39 is 0 Å². The van der Waals surface area contributed by atoms with Gasteiger partial charge in [-0.15, -0.1) is 0 Å². The molecule has 0 amide bonds. The third kappa shape index (κ3) is 2.33. The lowest BCUT2D eigenvalue weighted by Gasteiger charge is -2.12. The molecular formula is C12H17N3O.